The minimum atomic E-state index is -1.12. The molecule has 1 N–H and O–H groups in total. The summed E-state index contributed by atoms with van der Waals surface area (Å²) in [4.78, 5) is 1.88. The van der Waals surface area contributed by atoms with Crippen LogP contribution in [0.2, 0.25) is 5.02 Å². The molecule has 6 heteroatoms. The van der Waals surface area contributed by atoms with Crippen molar-refractivity contribution in [1.82, 2.24) is 14.7 Å². The van der Waals surface area contributed by atoms with Crippen LogP contribution in [0.4, 0.5) is 4.39 Å². The van der Waals surface area contributed by atoms with Crippen LogP contribution in [0.5, 0.6) is 0 Å². The number of hydrogen-bond acceptors (Lipinski definition) is 3. The first kappa shape index (κ1) is 10.9. The fourth-order valence-corrected chi connectivity index (χ4v) is 1.87. The summed E-state index contributed by atoms with van der Waals surface area (Å²) in [6, 6.07) is 0. The number of aliphatic hydroxyl groups excluding tert-OH is 1. The topological polar surface area (TPSA) is 41.3 Å². The van der Waals surface area contributed by atoms with E-state index in [2.05, 4.69) is 5.10 Å². The highest BCUT2D eigenvalue weighted by atomic mass is 35.5. The molecule has 2 heterocycles. The second kappa shape index (κ2) is 4.47. The molecule has 1 saturated heterocycles. The first-order chi connectivity index (χ1) is 7.15. The molecule has 0 aromatic carbocycles. The monoisotopic (exact) mass is 233 g/mol. The Bertz CT molecular complexity index is 323. The Kier molecular flexibility index (Phi) is 3.23. The number of nitrogens with zero attached hydrogens (tertiary/aromatic N) is 3. The van der Waals surface area contributed by atoms with Crippen LogP contribution < -0.4 is 0 Å². The molecule has 0 aliphatic carbocycles. The van der Waals surface area contributed by atoms with Crippen molar-refractivity contribution in [3.8, 4) is 0 Å². The lowest BCUT2D eigenvalue weighted by atomic mass is 10.3. The zero-order chi connectivity index (χ0) is 10.8. The SMILES string of the molecule is O[C@@H]1CN(CCn2cc(Cl)cn2)C[C@H]1F. The predicted octanol–water partition coefficient (Wildman–Crippen LogP) is 0.551. The van der Waals surface area contributed by atoms with E-state index in [1.807, 2.05) is 4.90 Å². The van der Waals surface area contributed by atoms with Crippen LogP contribution in [-0.4, -0.2) is 51.7 Å². The molecule has 0 spiro atoms. The highest BCUT2D eigenvalue weighted by Gasteiger charge is 2.30. The molecule has 1 aliphatic rings. The van der Waals surface area contributed by atoms with Gasteiger partial charge in [-0.15, -0.1) is 0 Å². The Morgan fingerprint density at radius 2 is 2.33 bits per heavy atom. The van der Waals surface area contributed by atoms with Crippen LogP contribution in [0, 0.1) is 0 Å². The number of aromatic nitrogens is 2. The number of alkyl halides is 1. The summed E-state index contributed by atoms with van der Waals surface area (Å²) in [5, 5.41) is 13.8. The van der Waals surface area contributed by atoms with E-state index >= 15 is 0 Å². The van der Waals surface area contributed by atoms with Crippen molar-refractivity contribution in [3.05, 3.63) is 17.4 Å². The molecule has 4 nitrogen and oxygen atoms in total. The van der Waals surface area contributed by atoms with Crippen LogP contribution in [0.3, 0.4) is 0 Å². The first-order valence-electron chi connectivity index (χ1n) is 4.87. The number of halogens is 2. The lowest BCUT2D eigenvalue weighted by Gasteiger charge is -2.13. The summed E-state index contributed by atoms with van der Waals surface area (Å²) < 4.78 is 14.7. The normalized spacial score (nSPS) is 27.4. The zero-order valence-electron chi connectivity index (χ0n) is 8.18. The van der Waals surface area contributed by atoms with Crippen molar-refractivity contribution >= 4 is 11.6 Å². The van der Waals surface area contributed by atoms with Crippen LogP contribution in [-0.2, 0) is 6.54 Å². The lowest BCUT2D eigenvalue weighted by Crippen LogP contribution is -2.26. The molecule has 0 unspecified atom stereocenters. The third-order valence-electron chi connectivity index (χ3n) is 2.54. The van der Waals surface area contributed by atoms with Gasteiger partial charge in [0.2, 0.25) is 0 Å². The zero-order valence-corrected chi connectivity index (χ0v) is 8.94. The fourth-order valence-electron chi connectivity index (χ4n) is 1.71. The van der Waals surface area contributed by atoms with Crippen molar-refractivity contribution in [1.29, 1.82) is 0 Å². The summed E-state index contributed by atoms with van der Waals surface area (Å²) >= 11 is 5.71. The average Bonchev–Trinajstić information content (AvgIpc) is 2.72. The molecule has 0 amide bonds. The maximum atomic E-state index is 13.0. The smallest absolute Gasteiger partial charge is 0.140 e. The van der Waals surface area contributed by atoms with Gasteiger partial charge < -0.3 is 5.11 Å². The third-order valence-corrected chi connectivity index (χ3v) is 2.74. The van der Waals surface area contributed by atoms with Crippen LogP contribution in [0.15, 0.2) is 12.4 Å². The average molecular weight is 234 g/mol. The van der Waals surface area contributed by atoms with Gasteiger partial charge in [-0.2, -0.15) is 5.10 Å². The minimum Gasteiger partial charge on any atom is -0.389 e. The van der Waals surface area contributed by atoms with Gasteiger partial charge in [0, 0.05) is 25.8 Å². The van der Waals surface area contributed by atoms with Crippen LogP contribution in [0.25, 0.3) is 0 Å². The molecular formula is C9H13ClFN3O. The maximum Gasteiger partial charge on any atom is 0.140 e. The van der Waals surface area contributed by atoms with E-state index in [1.54, 1.807) is 17.1 Å². The van der Waals surface area contributed by atoms with Gasteiger partial charge in [-0.05, 0) is 0 Å². The van der Waals surface area contributed by atoms with Crippen molar-refractivity contribution < 1.29 is 9.50 Å². The van der Waals surface area contributed by atoms with E-state index in [1.165, 1.54) is 0 Å². The number of aliphatic hydroxyl groups is 1. The summed E-state index contributed by atoms with van der Waals surface area (Å²) in [5.41, 5.74) is 0. The van der Waals surface area contributed by atoms with Gasteiger partial charge in [-0.3, -0.25) is 9.58 Å². The number of β-amino-alcohol motifs (C(OH)–C–C–N with tert-alkyl or cyclic N) is 1. The van der Waals surface area contributed by atoms with Crippen LogP contribution >= 0.6 is 11.6 Å². The number of hydrogen-bond donors (Lipinski definition) is 1. The molecule has 2 rings (SSSR count). The quantitative estimate of drug-likeness (QED) is 0.829. The van der Waals surface area contributed by atoms with Gasteiger partial charge in [0.15, 0.2) is 0 Å². The minimum absolute atomic E-state index is 0.302. The second-order valence-electron chi connectivity index (χ2n) is 3.76. The molecular weight excluding hydrogens is 221 g/mol. The summed E-state index contributed by atoms with van der Waals surface area (Å²) in [6.07, 6.45) is 1.33. The Morgan fingerprint density at radius 1 is 1.53 bits per heavy atom. The van der Waals surface area contributed by atoms with Crippen molar-refractivity contribution in [2.75, 3.05) is 19.6 Å². The van der Waals surface area contributed by atoms with E-state index in [9.17, 15) is 9.50 Å². The van der Waals surface area contributed by atoms with Gasteiger partial charge in [0.05, 0.1) is 23.9 Å². The Morgan fingerprint density at radius 3 is 2.87 bits per heavy atom. The van der Waals surface area contributed by atoms with Gasteiger partial charge in [-0.25, -0.2) is 4.39 Å². The molecule has 1 aromatic rings. The molecule has 0 bridgehead atoms. The third kappa shape index (κ3) is 2.68. The summed E-state index contributed by atoms with van der Waals surface area (Å²) in [5.74, 6) is 0. The summed E-state index contributed by atoms with van der Waals surface area (Å²) in [6.45, 7) is 2.04. The molecule has 2 atom stereocenters. The maximum absolute atomic E-state index is 13.0. The highest BCUT2D eigenvalue weighted by molar-refractivity contribution is 6.30. The second-order valence-corrected chi connectivity index (χ2v) is 4.20. The molecule has 15 heavy (non-hydrogen) atoms. The largest absolute Gasteiger partial charge is 0.389 e. The first-order valence-corrected chi connectivity index (χ1v) is 5.25. The standard InChI is InChI=1S/C9H13ClFN3O/c10-7-3-12-14(4-7)2-1-13-5-8(11)9(15)6-13/h3-4,8-9,15H,1-2,5-6H2/t8-,9-/m1/s1. The molecule has 0 saturated carbocycles. The van der Waals surface area contributed by atoms with Crippen LogP contribution in [0.1, 0.15) is 0 Å². The van der Waals surface area contributed by atoms with Crippen molar-refractivity contribution in [3.63, 3.8) is 0 Å². The highest BCUT2D eigenvalue weighted by Crippen LogP contribution is 2.13. The van der Waals surface area contributed by atoms with E-state index in [0.717, 1.165) is 0 Å². The Labute approximate surface area is 92.2 Å². The van der Waals surface area contributed by atoms with E-state index in [4.69, 9.17) is 11.6 Å². The number of likely N-dealkylation sites (tertiary alicyclic amines) is 1. The van der Waals surface area contributed by atoms with Gasteiger partial charge >= 0.3 is 0 Å². The van der Waals surface area contributed by atoms with Gasteiger partial charge in [0.25, 0.3) is 0 Å². The Balaban J connectivity index is 1.79. The van der Waals surface area contributed by atoms with E-state index in [-0.39, 0.29) is 0 Å². The lowest BCUT2D eigenvalue weighted by molar-refractivity contribution is 0.115. The van der Waals surface area contributed by atoms with Gasteiger partial charge in [-0.1, -0.05) is 11.6 Å². The summed E-state index contributed by atoms with van der Waals surface area (Å²) in [7, 11) is 0. The van der Waals surface area contributed by atoms with Crippen molar-refractivity contribution in [2.24, 2.45) is 0 Å². The Hall–Kier alpha value is -0.650. The molecule has 1 fully saturated rings. The van der Waals surface area contributed by atoms with E-state index in [0.29, 0.717) is 31.2 Å². The molecule has 84 valence electrons. The van der Waals surface area contributed by atoms with E-state index < -0.39 is 12.3 Å². The molecule has 1 aliphatic heterocycles. The van der Waals surface area contributed by atoms with Gasteiger partial charge in [0.1, 0.15) is 6.17 Å². The molecule has 0 radical (unpaired) electrons. The fraction of sp³-hybridized carbons (Fsp3) is 0.667. The number of rotatable bonds is 3. The molecule has 1 aromatic heterocycles. The van der Waals surface area contributed by atoms with Crippen molar-refractivity contribution in [2.45, 2.75) is 18.8 Å². The predicted molar refractivity (Wildman–Crippen MR) is 54.6 cm³/mol.